The van der Waals surface area contributed by atoms with Crippen molar-refractivity contribution < 1.29 is 14.8 Å². The van der Waals surface area contributed by atoms with Gasteiger partial charge in [0.15, 0.2) is 0 Å². The number of aryl methyl sites for hydroxylation is 1. The number of carbonyl (C=O) groups is 1. The number of non-ortho nitro benzene ring substituents is 1. The van der Waals surface area contributed by atoms with Gasteiger partial charge in [-0.1, -0.05) is 6.92 Å². The number of hydrogen-bond acceptors (Lipinski definition) is 4. The monoisotopic (exact) mass is 306 g/mol. The maximum absolute atomic E-state index is 12.6. The molecule has 1 fully saturated rings. The Labute approximate surface area is 129 Å². The second-order valence-corrected chi connectivity index (χ2v) is 6.06. The van der Waals surface area contributed by atoms with Crippen LogP contribution in [0.15, 0.2) is 18.2 Å². The van der Waals surface area contributed by atoms with E-state index in [9.17, 15) is 20.0 Å². The van der Waals surface area contributed by atoms with Crippen molar-refractivity contribution in [3.8, 4) is 0 Å². The van der Waals surface area contributed by atoms with E-state index >= 15 is 0 Å². The predicted octanol–water partition coefficient (Wildman–Crippen LogP) is 2.53. The smallest absolute Gasteiger partial charge is 0.269 e. The van der Waals surface area contributed by atoms with E-state index in [-0.39, 0.29) is 23.6 Å². The SMILES string of the molecule is CCC1(CO)CCN(C(=O)c2ccc([N+](=O)[O-])cc2C)CC1. The Morgan fingerprint density at radius 3 is 2.50 bits per heavy atom. The predicted molar refractivity (Wildman–Crippen MR) is 82.8 cm³/mol. The lowest BCUT2D eigenvalue weighted by molar-refractivity contribution is -0.384. The summed E-state index contributed by atoms with van der Waals surface area (Å²) in [5, 5.41) is 20.3. The first-order chi connectivity index (χ1) is 10.4. The van der Waals surface area contributed by atoms with Gasteiger partial charge in [0.2, 0.25) is 0 Å². The van der Waals surface area contributed by atoms with Crippen LogP contribution in [0.2, 0.25) is 0 Å². The topological polar surface area (TPSA) is 83.7 Å². The standard InChI is InChI=1S/C16H22N2O4/c1-3-16(11-19)6-8-17(9-7-16)15(20)14-5-4-13(18(21)22)10-12(14)2/h4-5,10,19H,3,6-9,11H2,1-2H3. The lowest BCUT2D eigenvalue weighted by atomic mass is 9.77. The summed E-state index contributed by atoms with van der Waals surface area (Å²) in [6.45, 7) is 5.16. The van der Waals surface area contributed by atoms with Crippen molar-refractivity contribution >= 4 is 11.6 Å². The lowest BCUT2D eigenvalue weighted by Crippen LogP contribution is -2.44. The third-order valence-corrected chi connectivity index (χ3v) is 4.85. The Balaban J connectivity index is 2.12. The normalized spacial score (nSPS) is 17.3. The zero-order valence-electron chi connectivity index (χ0n) is 13.0. The minimum atomic E-state index is -0.459. The molecule has 22 heavy (non-hydrogen) atoms. The summed E-state index contributed by atoms with van der Waals surface area (Å²) in [4.78, 5) is 24.7. The summed E-state index contributed by atoms with van der Waals surface area (Å²) in [6, 6.07) is 4.33. The highest BCUT2D eigenvalue weighted by molar-refractivity contribution is 5.96. The van der Waals surface area contributed by atoms with E-state index in [0.717, 1.165) is 19.3 Å². The van der Waals surface area contributed by atoms with Crippen LogP contribution in [0.25, 0.3) is 0 Å². The summed E-state index contributed by atoms with van der Waals surface area (Å²) in [5.41, 5.74) is 1.06. The van der Waals surface area contributed by atoms with Gasteiger partial charge in [-0.25, -0.2) is 0 Å². The molecule has 1 aromatic carbocycles. The molecule has 6 heteroatoms. The second-order valence-electron chi connectivity index (χ2n) is 6.06. The molecular weight excluding hydrogens is 284 g/mol. The Kier molecular flexibility index (Phi) is 4.81. The highest BCUT2D eigenvalue weighted by Gasteiger charge is 2.34. The van der Waals surface area contributed by atoms with Crippen molar-refractivity contribution in [1.29, 1.82) is 0 Å². The van der Waals surface area contributed by atoms with Gasteiger partial charge in [0.05, 0.1) is 4.92 Å². The molecule has 120 valence electrons. The Bertz CT molecular complexity index is 572. The number of likely N-dealkylation sites (tertiary alicyclic amines) is 1. The molecule has 0 bridgehead atoms. The minimum Gasteiger partial charge on any atom is -0.396 e. The van der Waals surface area contributed by atoms with Crippen molar-refractivity contribution in [3.05, 3.63) is 39.4 Å². The Hall–Kier alpha value is -1.95. The molecule has 1 aliphatic rings. The van der Waals surface area contributed by atoms with Crippen molar-refractivity contribution in [2.75, 3.05) is 19.7 Å². The van der Waals surface area contributed by atoms with Gasteiger partial charge in [-0.3, -0.25) is 14.9 Å². The molecule has 2 rings (SSSR count). The first kappa shape index (κ1) is 16.4. The van der Waals surface area contributed by atoms with Gasteiger partial charge in [0, 0.05) is 37.4 Å². The minimum absolute atomic E-state index is 0.00188. The maximum Gasteiger partial charge on any atom is 0.269 e. The fourth-order valence-electron chi connectivity index (χ4n) is 2.98. The molecule has 0 unspecified atom stereocenters. The van der Waals surface area contributed by atoms with Gasteiger partial charge in [-0.15, -0.1) is 0 Å². The van der Waals surface area contributed by atoms with Crippen LogP contribution in [-0.4, -0.2) is 40.5 Å². The number of benzene rings is 1. The van der Waals surface area contributed by atoms with Crippen molar-refractivity contribution in [3.63, 3.8) is 0 Å². The molecule has 6 nitrogen and oxygen atoms in total. The largest absolute Gasteiger partial charge is 0.396 e. The summed E-state index contributed by atoms with van der Waals surface area (Å²) in [7, 11) is 0. The Morgan fingerprint density at radius 1 is 1.41 bits per heavy atom. The molecule has 0 aliphatic carbocycles. The second kappa shape index (κ2) is 6.44. The number of hydrogen-bond donors (Lipinski definition) is 1. The van der Waals surface area contributed by atoms with Crippen LogP contribution >= 0.6 is 0 Å². The molecule has 0 spiro atoms. The van der Waals surface area contributed by atoms with Crippen molar-refractivity contribution in [2.24, 2.45) is 5.41 Å². The average Bonchev–Trinajstić information content (AvgIpc) is 2.54. The quantitative estimate of drug-likeness (QED) is 0.684. The Morgan fingerprint density at radius 2 is 2.05 bits per heavy atom. The number of amides is 1. The third-order valence-electron chi connectivity index (χ3n) is 4.85. The molecule has 1 amide bonds. The fraction of sp³-hybridized carbons (Fsp3) is 0.562. The van der Waals surface area contributed by atoms with E-state index in [4.69, 9.17) is 0 Å². The van der Waals surface area contributed by atoms with Crippen molar-refractivity contribution in [2.45, 2.75) is 33.1 Å². The van der Waals surface area contributed by atoms with E-state index in [0.29, 0.717) is 24.2 Å². The van der Waals surface area contributed by atoms with Crippen LogP contribution in [0.5, 0.6) is 0 Å². The van der Waals surface area contributed by atoms with Crippen LogP contribution in [0, 0.1) is 22.5 Å². The number of carbonyl (C=O) groups excluding carboxylic acids is 1. The summed E-state index contributed by atoms with van der Waals surface area (Å²) in [6.07, 6.45) is 2.48. The van der Waals surface area contributed by atoms with E-state index in [1.807, 2.05) is 0 Å². The number of nitro benzene ring substituents is 1. The zero-order valence-corrected chi connectivity index (χ0v) is 13.0. The number of rotatable bonds is 4. The third kappa shape index (κ3) is 3.11. The number of aliphatic hydroxyl groups excluding tert-OH is 1. The highest BCUT2D eigenvalue weighted by atomic mass is 16.6. The highest BCUT2D eigenvalue weighted by Crippen LogP contribution is 2.34. The van der Waals surface area contributed by atoms with E-state index < -0.39 is 4.92 Å². The summed E-state index contributed by atoms with van der Waals surface area (Å²) < 4.78 is 0. The molecular formula is C16H22N2O4. The van der Waals surface area contributed by atoms with Gasteiger partial charge in [0.25, 0.3) is 11.6 Å². The summed E-state index contributed by atoms with van der Waals surface area (Å²) in [5.74, 6) is -0.0879. The van der Waals surface area contributed by atoms with Gasteiger partial charge in [0.1, 0.15) is 0 Å². The van der Waals surface area contributed by atoms with E-state index in [2.05, 4.69) is 6.92 Å². The molecule has 0 radical (unpaired) electrons. The van der Waals surface area contributed by atoms with Crippen LogP contribution in [-0.2, 0) is 0 Å². The van der Waals surface area contributed by atoms with Gasteiger partial charge in [-0.2, -0.15) is 0 Å². The van der Waals surface area contributed by atoms with Gasteiger partial charge < -0.3 is 10.0 Å². The number of nitrogens with zero attached hydrogens (tertiary/aromatic N) is 2. The van der Waals surface area contributed by atoms with E-state index in [1.54, 1.807) is 11.8 Å². The lowest BCUT2D eigenvalue weighted by Gasteiger charge is -2.40. The molecule has 1 aliphatic heterocycles. The molecule has 0 atom stereocenters. The number of nitro groups is 1. The van der Waals surface area contributed by atoms with Crippen LogP contribution < -0.4 is 0 Å². The van der Waals surface area contributed by atoms with Crippen molar-refractivity contribution in [1.82, 2.24) is 4.90 Å². The average molecular weight is 306 g/mol. The summed E-state index contributed by atoms with van der Waals surface area (Å²) >= 11 is 0. The molecule has 1 N–H and O–H groups in total. The molecule has 1 aromatic rings. The molecule has 0 saturated carbocycles. The van der Waals surface area contributed by atoms with Crippen LogP contribution in [0.3, 0.4) is 0 Å². The molecule has 1 saturated heterocycles. The zero-order chi connectivity index (χ0) is 16.3. The van der Waals surface area contributed by atoms with Crippen LogP contribution in [0.4, 0.5) is 5.69 Å². The molecule has 1 heterocycles. The first-order valence-corrected chi connectivity index (χ1v) is 7.57. The fourth-order valence-corrected chi connectivity index (χ4v) is 2.98. The van der Waals surface area contributed by atoms with Gasteiger partial charge >= 0.3 is 0 Å². The number of aliphatic hydroxyl groups is 1. The van der Waals surface area contributed by atoms with Crippen LogP contribution in [0.1, 0.15) is 42.1 Å². The maximum atomic E-state index is 12.6. The molecule has 0 aromatic heterocycles. The number of piperidine rings is 1. The first-order valence-electron chi connectivity index (χ1n) is 7.57. The van der Waals surface area contributed by atoms with E-state index in [1.165, 1.54) is 18.2 Å². The van der Waals surface area contributed by atoms with Gasteiger partial charge in [-0.05, 0) is 43.2 Å².